The summed E-state index contributed by atoms with van der Waals surface area (Å²) < 4.78 is 0. The van der Waals surface area contributed by atoms with Gasteiger partial charge in [0.2, 0.25) is 0 Å². The maximum atomic E-state index is 11.1. The molecule has 1 aromatic rings. The van der Waals surface area contributed by atoms with Crippen LogP contribution in [0.3, 0.4) is 0 Å². The third-order valence-corrected chi connectivity index (χ3v) is 2.19. The zero-order chi connectivity index (χ0) is 12.1. The van der Waals surface area contributed by atoms with E-state index in [1.807, 2.05) is 26.0 Å². The van der Waals surface area contributed by atoms with Crippen LogP contribution in [0.5, 0.6) is 0 Å². The fourth-order valence-electron chi connectivity index (χ4n) is 1.35. The zero-order valence-electron chi connectivity index (χ0n) is 9.91. The molecule has 16 heavy (non-hydrogen) atoms. The van der Waals surface area contributed by atoms with Gasteiger partial charge in [-0.1, -0.05) is 0 Å². The van der Waals surface area contributed by atoms with Crippen molar-refractivity contribution in [3.05, 3.63) is 32.6 Å². The van der Waals surface area contributed by atoms with E-state index in [1.165, 1.54) is 6.07 Å². The van der Waals surface area contributed by atoms with Gasteiger partial charge in [0.25, 0.3) is 5.56 Å². The molecule has 0 unspecified atom stereocenters. The lowest BCUT2D eigenvalue weighted by molar-refractivity contribution is 0.273. The smallest absolute Gasteiger partial charge is 0.310 e. The van der Waals surface area contributed by atoms with Crippen LogP contribution in [0.1, 0.15) is 5.69 Å². The Morgan fingerprint density at radius 2 is 1.81 bits per heavy atom. The van der Waals surface area contributed by atoms with Gasteiger partial charge in [0.05, 0.1) is 0 Å². The molecule has 0 aromatic carbocycles. The summed E-state index contributed by atoms with van der Waals surface area (Å²) >= 11 is 0. The molecule has 0 atom stereocenters. The van der Waals surface area contributed by atoms with Crippen molar-refractivity contribution < 1.29 is 0 Å². The lowest BCUT2D eigenvalue weighted by Gasteiger charge is -2.18. The largest absolute Gasteiger partial charge is 0.325 e. The Kier molecular flexibility index (Phi) is 4.45. The molecule has 6 heteroatoms. The Hall–Kier alpha value is -1.40. The lowest BCUT2D eigenvalue weighted by Crippen LogP contribution is -2.30. The molecule has 0 aliphatic heterocycles. The van der Waals surface area contributed by atoms with Crippen molar-refractivity contribution >= 4 is 0 Å². The van der Waals surface area contributed by atoms with Crippen molar-refractivity contribution in [2.75, 3.05) is 34.2 Å². The highest BCUT2D eigenvalue weighted by Crippen LogP contribution is 1.93. The van der Waals surface area contributed by atoms with Crippen LogP contribution in [-0.4, -0.2) is 54.0 Å². The molecule has 2 N–H and O–H groups in total. The van der Waals surface area contributed by atoms with Crippen LogP contribution in [0.4, 0.5) is 0 Å². The van der Waals surface area contributed by atoms with Crippen molar-refractivity contribution in [1.82, 2.24) is 19.8 Å². The number of H-pyrrole nitrogens is 2. The van der Waals surface area contributed by atoms with Crippen LogP contribution >= 0.6 is 0 Å². The summed E-state index contributed by atoms with van der Waals surface area (Å²) in [4.78, 5) is 30.9. The summed E-state index contributed by atoms with van der Waals surface area (Å²) in [7, 11) is 5.95. The first kappa shape index (κ1) is 12.7. The van der Waals surface area contributed by atoms with Crippen molar-refractivity contribution in [3.63, 3.8) is 0 Å². The molecule has 0 fully saturated rings. The van der Waals surface area contributed by atoms with Gasteiger partial charge in [-0.15, -0.1) is 0 Å². The second-order valence-corrected chi connectivity index (χ2v) is 4.15. The third kappa shape index (κ3) is 4.41. The van der Waals surface area contributed by atoms with Crippen molar-refractivity contribution in [2.45, 2.75) is 6.54 Å². The first-order chi connectivity index (χ1) is 7.47. The van der Waals surface area contributed by atoms with Gasteiger partial charge in [-0.25, -0.2) is 4.79 Å². The van der Waals surface area contributed by atoms with Crippen LogP contribution in [-0.2, 0) is 6.54 Å². The Morgan fingerprint density at radius 3 is 2.38 bits per heavy atom. The van der Waals surface area contributed by atoms with E-state index in [4.69, 9.17) is 0 Å². The van der Waals surface area contributed by atoms with Crippen LogP contribution in [0.25, 0.3) is 0 Å². The second-order valence-electron chi connectivity index (χ2n) is 4.15. The average molecular weight is 226 g/mol. The summed E-state index contributed by atoms with van der Waals surface area (Å²) in [5, 5.41) is 0. The number of rotatable bonds is 5. The lowest BCUT2D eigenvalue weighted by atomic mass is 10.3. The monoisotopic (exact) mass is 226 g/mol. The van der Waals surface area contributed by atoms with Gasteiger partial charge in [-0.05, 0) is 21.1 Å². The Bertz CT molecular complexity index is 407. The molecule has 1 rings (SSSR count). The van der Waals surface area contributed by atoms with Gasteiger partial charge >= 0.3 is 5.69 Å². The number of nitrogens with one attached hydrogen (secondary N) is 2. The highest BCUT2D eigenvalue weighted by atomic mass is 16.2. The third-order valence-electron chi connectivity index (χ3n) is 2.19. The molecule has 1 heterocycles. The summed E-state index contributed by atoms with van der Waals surface area (Å²) in [5.41, 5.74) is -0.182. The summed E-state index contributed by atoms with van der Waals surface area (Å²) in [6, 6.07) is 1.41. The van der Waals surface area contributed by atoms with E-state index in [2.05, 4.69) is 14.9 Å². The molecule has 6 nitrogen and oxygen atoms in total. The first-order valence-electron chi connectivity index (χ1n) is 5.13. The Morgan fingerprint density at radius 1 is 1.12 bits per heavy atom. The highest BCUT2D eigenvalue weighted by molar-refractivity contribution is 4.97. The fraction of sp³-hybridized carbons (Fsp3) is 0.600. The minimum Gasteiger partial charge on any atom is -0.310 e. The highest BCUT2D eigenvalue weighted by Gasteiger charge is 2.02. The van der Waals surface area contributed by atoms with Gasteiger partial charge < -0.3 is 9.88 Å². The number of hydrogen-bond acceptors (Lipinski definition) is 4. The number of nitrogens with zero attached hydrogens (tertiary/aromatic N) is 2. The minimum atomic E-state index is -0.455. The van der Waals surface area contributed by atoms with Crippen LogP contribution in [0.15, 0.2) is 15.7 Å². The molecule has 0 radical (unpaired) electrons. The molecule has 0 bridgehead atoms. The number of likely N-dealkylation sites (N-methyl/N-ethyl adjacent to an activating group) is 2. The fourth-order valence-corrected chi connectivity index (χ4v) is 1.35. The normalized spacial score (nSPS) is 11.3. The predicted octanol–water partition coefficient (Wildman–Crippen LogP) is -0.943. The quantitative estimate of drug-likeness (QED) is 0.679. The molecule has 0 saturated carbocycles. The molecule has 0 saturated heterocycles. The standard InChI is InChI=1S/C10H18N4O2/c1-13(2)4-5-14(3)7-8-6-9(15)12-10(16)11-8/h6H,4-5,7H2,1-3H3,(H2,11,12,15,16). The molecule has 0 aliphatic carbocycles. The van der Waals surface area contributed by atoms with E-state index in [0.717, 1.165) is 13.1 Å². The molecule has 90 valence electrons. The van der Waals surface area contributed by atoms with Gasteiger partial charge in [0.15, 0.2) is 0 Å². The van der Waals surface area contributed by atoms with E-state index >= 15 is 0 Å². The maximum Gasteiger partial charge on any atom is 0.325 e. The van der Waals surface area contributed by atoms with Gasteiger partial charge in [-0.3, -0.25) is 14.7 Å². The van der Waals surface area contributed by atoms with Crippen molar-refractivity contribution in [2.24, 2.45) is 0 Å². The van der Waals surface area contributed by atoms with Crippen molar-refractivity contribution in [1.29, 1.82) is 0 Å². The van der Waals surface area contributed by atoms with E-state index in [-0.39, 0.29) is 5.56 Å². The minimum absolute atomic E-state index is 0.361. The molecule has 0 amide bonds. The van der Waals surface area contributed by atoms with Crippen LogP contribution in [0.2, 0.25) is 0 Å². The summed E-state index contributed by atoms with van der Waals surface area (Å²) in [6.07, 6.45) is 0. The maximum absolute atomic E-state index is 11.1. The van der Waals surface area contributed by atoms with Crippen LogP contribution < -0.4 is 11.2 Å². The SMILES string of the molecule is CN(C)CCN(C)Cc1cc(=O)[nH]c(=O)[nH]1. The topological polar surface area (TPSA) is 72.2 Å². The Balaban J connectivity index is 2.59. The van der Waals surface area contributed by atoms with E-state index in [9.17, 15) is 9.59 Å². The van der Waals surface area contributed by atoms with Crippen LogP contribution in [0, 0.1) is 0 Å². The molecule has 0 spiro atoms. The summed E-state index contributed by atoms with van der Waals surface area (Å²) in [6.45, 7) is 2.37. The number of hydrogen-bond donors (Lipinski definition) is 2. The van der Waals surface area contributed by atoms with Gasteiger partial charge in [0.1, 0.15) is 0 Å². The molecular weight excluding hydrogens is 208 g/mol. The average Bonchev–Trinajstić information content (AvgIpc) is 2.12. The first-order valence-corrected chi connectivity index (χ1v) is 5.13. The number of aromatic nitrogens is 2. The molecular formula is C10H18N4O2. The molecule has 0 aliphatic rings. The predicted molar refractivity (Wildman–Crippen MR) is 62.6 cm³/mol. The number of aromatic amines is 2. The second kappa shape index (κ2) is 5.62. The van der Waals surface area contributed by atoms with Gasteiger partial charge in [-0.2, -0.15) is 0 Å². The van der Waals surface area contributed by atoms with Gasteiger partial charge in [0, 0.05) is 31.4 Å². The van der Waals surface area contributed by atoms with Crippen molar-refractivity contribution in [3.8, 4) is 0 Å². The Labute approximate surface area is 93.9 Å². The van der Waals surface area contributed by atoms with E-state index < -0.39 is 5.69 Å². The zero-order valence-corrected chi connectivity index (χ0v) is 9.91. The van der Waals surface area contributed by atoms with E-state index in [0.29, 0.717) is 12.2 Å². The molecule has 1 aromatic heterocycles. The summed E-state index contributed by atoms with van der Waals surface area (Å²) in [5.74, 6) is 0. The van der Waals surface area contributed by atoms with E-state index in [1.54, 1.807) is 0 Å².